The lowest BCUT2D eigenvalue weighted by Crippen LogP contribution is -2.57. The first-order valence-corrected chi connectivity index (χ1v) is 12.3. The van der Waals surface area contributed by atoms with Gasteiger partial charge in [-0.3, -0.25) is 14.6 Å². The molecule has 2 aliphatic heterocycles. The molecule has 0 bridgehead atoms. The smallest absolute Gasteiger partial charge is 0.272 e. The number of likely N-dealkylation sites (tertiary alicyclic amines) is 2. The second-order valence-electron chi connectivity index (χ2n) is 9.69. The van der Waals surface area contributed by atoms with Gasteiger partial charge in [0.1, 0.15) is 5.69 Å². The van der Waals surface area contributed by atoms with E-state index in [1.165, 1.54) is 18.4 Å². The lowest BCUT2D eigenvalue weighted by molar-refractivity contribution is -0.141. The monoisotopic (exact) mass is 431 g/mol. The predicted molar refractivity (Wildman–Crippen MR) is 124 cm³/mol. The summed E-state index contributed by atoms with van der Waals surface area (Å²) >= 11 is 0. The molecule has 0 radical (unpaired) electrons. The molecule has 1 saturated carbocycles. The van der Waals surface area contributed by atoms with Crippen LogP contribution in [0.25, 0.3) is 0 Å². The molecule has 0 N–H and O–H groups in total. The zero-order valence-electron chi connectivity index (χ0n) is 18.7. The van der Waals surface area contributed by atoms with E-state index in [1.54, 1.807) is 12.3 Å². The SMILES string of the molecule is O=C(c1ccccn1)N1CC[C@H]2[C@H](CCCN2C(=O)[C@@H](c2ccccc2)C2CCCC2)C1. The van der Waals surface area contributed by atoms with Gasteiger partial charge in [-0.1, -0.05) is 49.2 Å². The van der Waals surface area contributed by atoms with E-state index in [0.29, 0.717) is 30.0 Å². The van der Waals surface area contributed by atoms with Crippen LogP contribution >= 0.6 is 0 Å². The van der Waals surface area contributed by atoms with Crippen molar-refractivity contribution in [3.05, 3.63) is 66.0 Å². The molecule has 1 aromatic carbocycles. The van der Waals surface area contributed by atoms with Crippen molar-refractivity contribution in [2.75, 3.05) is 19.6 Å². The summed E-state index contributed by atoms with van der Waals surface area (Å²) in [5, 5.41) is 0. The zero-order chi connectivity index (χ0) is 21.9. The van der Waals surface area contributed by atoms with Gasteiger partial charge in [-0.2, -0.15) is 0 Å². The standard InChI is InChI=1S/C27H33N3O2/c31-26(23-14-6-7-16-28-23)29-18-15-24-22(19-29)13-8-17-30(24)27(32)25(21-11-4-5-12-21)20-9-2-1-3-10-20/h1-3,6-7,9-10,14,16,21-22,24-25H,4-5,8,11-13,15,17-19H2/t22-,24+,25+/m1/s1. The number of hydrogen-bond donors (Lipinski definition) is 0. The minimum Gasteiger partial charge on any atom is -0.339 e. The van der Waals surface area contributed by atoms with Crippen molar-refractivity contribution in [1.29, 1.82) is 0 Å². The second kappa shape index (κ2) is 9.43. The van der Waals surface area contributed by atoms with Gasteiger partial charge >= 0.3 is 0 Å². The van der Waals surface area contributed by atoms with Crippen molar-refractivity contribution in [3.63, 3.8) is 0 Å². The molecule has 32 heavy (non-hydrogen) atoms. The molecule has 2 saturated heterocycles. The quantitative estimate of drug-likeness (QED) is 0.716. The number of carbonyl (C=O) groups is 2. The highest BCUT2D eigenvalue weighted by Crippen LogP contribution is 2.41. The Morgan fingerprint density at radius 3 is 2.41 bits per heavy atom. The highest BCUT2D eigenvalue weighted by atomic mass is 16.2. The van der Waals surface area contributed by atoms with Gasteiger partial charge in [0.15, 0.2) is 0 Å². The van der Waals surface area contributed by atoms with E-state index in [1.807, 2.05) is 23.1 Å². The fourth-order valence-electron chi connectivity index (χ4n) is 6.26. The van der Waals surface area contributed by atoms with E-state index in [0.717, 1.165) is 45.2 Å². The summed E-state index contributed by atoms with van der Waals surface area (Å²) in [6.45, 7) is 2.27. The molecule has 5 heteroatoms. The van der Waals surface area contributed by atoms with Gasteiger partial charge in [0, 0.05) is 31.9 Å². The lowest BCUT2D eigenvalue weighted by atomic mass is 9.79. The highest BCUT2D eigenvalue weighted by molar-refractivity contribution is 5.92. The summed E-state index contributed by atoms with van der Waals surface area (Å²) < 4.78 is 0. The van der Waals surface area contributed by atoms with Crippen LogP contribution in [0.4, 0.5) is 0 Å². The number of nitrogens with zero attached hydrogens (tertiary/aromatic N) is 3. The number of rotatable bonds is 4. The highest BCUT2D eigenvalue weighted by Gasteiger charge is 2.43. The van der Waals surface area contributed by atoms with Crippen LogP contribution in [0, 0.1) is 11.8 Å². The van der Waals surface area contributed by atoms with Crippen molar-refractivity contribution in [2.24, 2.45) is 11.8 Å². The third-order valence-corrected chi connectivity index (χ3v) is 7.82. The van der Waals surface area contributed by atoms with Gasteiger partial charge in [0.2, 0.25) is 5.91 Å². The molecule has 3 aliphatic rings. The van der Waals surface area contributed by atoms with E-state index < -0.39 is 0 Å². The third kappa shape index (κ3) is 4.17. The first-order chi connectivity index (χ1) is 15.7. The first kappa shape index (κ1) is 21.2. The zero-order valence-corrected chi connectivity index (χ0v) is 18.7. The first-order valence-electron chi connectivity index (χ1n) is 12.3. The van der Waals surface area contributed by atoms with Gasteiger partial charge in [-0.25, -0.2) is 0 Å². The second-order valence-corrected chi connectivity index (χ2v) is 9.69. The number of pyridine rings is 1. The number of benzene rings is 1. The Morgan fingerprint density at radius 1 is 0.875 bits per heavy atom. The number of aromatic nitrogens is 1. The minimum absolute atomic E-state index is 0.0145. The molecule has 1 aromatic heterocycles. The maximum Gasteiger partial charge on any atom is 0.272 e. The van der Waals surface area contributed by atoms with Gasteiger partial charge in [0.05, 0.1) is 5.92 Å². The van der Waals surface area contributed by atoms with E-state index >= 15 is 0 Å². The third-order valence-electron chi connectivity index (χ3n) is 7.82. The van der Waals surface area contributed by atoms with E-state index in [9.17, 15) is 9.59 Å². The molecule has 168 valence electrons. The largest absolute Gasteiger partial charge is 0.339 e. The Labute approximate surface area is 190 Å². The number of amides is 2. The fourth-order valence-corrected chi connectivity index (χ4v) is 6.26. The molecule has 3 heterocycles. The van der Waals surface area contributed by atoms with Crippen molar-refractivity contribution in [1.82, 2.24) is 14.8 Å². The predicted octanol–water partition coefficient (Wildman–Crippen LogP) is 4.51. The molecule has 2 amide bonds. The van der Waals surface area contributed by atoms with Crippen LogP contribution in [0.15, 0.2) is 54.7 Å². The Morgan fingerprint density at radius 2 is 1.66 bits per heavy atom. The number of piperidine rings is 2. The Bertz CT molecular complexity index is 926. The van der Waals surface area contributed by atoms with Crippen LogP contribution in [0.2, 0.25) is 0 Å². The molecule has 3 atom stereocenters. The summed E-state index contributed by atoms with van der Waals surface area (Å²) in [7, 11) is 0. The van der Waals surface area contributed by atoms with Crippen LogP contribution in [-0.4, -0.2) is 52.3 Å². The van der Waals surface area contributed by atoms with Crippen molar-refractivity contribution >= 4 is 11.8 Å². The van der Waals surface area contributed by atoms with Crippen LogP contribution in [0.5, 0.6) is 0 Å². The Hall–Kier alpha value is -2.69. The molecule has 0 unspecified atom stereocenters. The van der Waals surface area contributed by atoms with Gasteiger partial charge in [0.25, 0.3) is 5.91 Å². The number of fused-ring (bicyclic) bond motifs is 1. The number of hydrogen-bond acceptors (Lipinski definition) is 3. The van der Waals surface area contributed by atoms with E-state index in [-0.39, 0.29) is 17.9 Å². The molecular formula is C27H33N3O2. The average molecular weight is 432 g/mol. The van der Waals surface area contributed by atoms with Gasteiger partial charge in [-0.05, 0) is 61.6 Å². The summed E-state index contributed by atoms with van der Waals surface area (Å²) in [6, 6.07) is 16.2. The molecule has 5 nitrogen and oxygen atoms in total. The van der Waals surface area contributed by atoms with Crippen LogP contribution in [0.1, 0.15) is 66.9 Å². The Kier molecular flexibility index (Phi) is 6.24. The van der Waals surface area contributed by atoms with Crippen molar-refractivity contribution in [2.45, 2.75) is 56.9 Å². The molecule has 0 spiro atoms. The van der Waals surface area contributed by atoms with Crippen LogP contribution in [0.3, 0.4) is 0 Å². The minimum atomic E-state index is -0.0226. The summed E-state index contributed by atoms with van der Waals surface area (Å²) in [5.74, 6) is 1.12. The maximum atomic E-state index is 14.0. The van der Waals surface area contributed by atoms with Crippen molar-refractivity contribution < 1.29 is 9.59 Å². The lowest BCUT2D eigenvalue weighted by Gasteiger charge is -2.48. The maximum absolute atomic E-state index is 14.0. The van der Waals surface area contributed by atoms with Crippen molar-refractivity contribution in [3.8, 4) is 0 Å². The molecule has 2 aromatic rings. The summed E-state index contributed by atoms with van der Waals surface area (Å²) in [4.78, 5) is 35.3. The van der Waals surface area contributed by atoms with Crippen LogP contribution in [-0.2, 0) is 4.79 Å². The summed E-state index contributed by atoms with van der Waals surface area (Å²) in [6.07, 6.45) is 9.41. The number of carbonyl (C=O) groups excluding carboxylic acids is 2. The van der Waals surface area contributed by atoms with Gasteiger partial charge < -0.3 is 9.80 Å². The molecule has 5 rings (SSSR count). The normalized spacial score (nSPS) is 24.8. The van der Waals surface area contributed by atoms with Gasteiger partial charge in [-0.15, -0.1) is 0 Å². The molecular weight excluding hydrogens is 398 g/mol. The van der Waals surface area contributed by atoms with Crippen LogP contribution < -0.4 is 0 Å². The Balaban J connectivity index is 1.33. The van der Waals surface area contributed by atoms with E-state index in [2.05, 4.69) is 34.1 Å². The molecule has 3 fully saturated rings. The fraction of sp³-hybridized carbons (Fsp3) is 0.519. The average Bonchev–Trinajstić information content (AvgIpc) is 3.38. The topological polar surface area (TPSA) is 53.5 Å². The summed E-state index contributed by atoms with van der Waals surface area (Å²) in [5.41, 5.74) is 1.69. The molecule has 1 aliphatic carbocycles. The van der Waals surface area contributed by atoms with E-state index in [4.69, 9.17) is 0 Å².